The van der Waals surface area contributed by atoms with Gasteiger partial charge in [0.15, 0.2) is 6.54 Å². The van der Waals surface area contributed by atoms with E-state index in [1.165, 1.54) is 0 Å². The van der Waals surface area contributed by atoms with Crippen LogP contribution in [0.1, 0.15) is 5.82 Å². The number of halogens is 1. The van der Waals surface area contributed by atoms with E-state index in [9.17, 15) is 4.79 Å². The summed E-state index contributed by atoms with van der Waals surface area (Å²) in [6, 6.07) is 7.19. The highest BCUT2D eigenvalue weighted by atomic mass is 35.5. The molecule has 5 heteroatoms. The Morgan fingerprint density at radius 2 is 2.17 bits per heavy atom. The lowest BCUT2D eigenvalue weighted by Gasteiger charge is -2.05. The molecule has 0 saturated heterocycles. The molecule has 0 spiro atoms. The molecule has 0 bridgehead atoms. The number of benzene rings is 1. The van der Waals surface area contributed by atoms with Gasteiger partial charge in [0.2, 0.25) is 0 Å². The van der Waals surface area contributed by atoms with Crippen molar-refractivity contribution in [2.24, 2.45) is 7.05 Å². The minimum Gasteiger partial charge on any atom is -0.321 e. The molecule has 0 fully saturated rings. The Morgan fingerprint density at radius 1 is 1.44 bits per heavy atom. The zero-order valence-electron chi connectivity index (χ0n) is 10.4. The molecule has 0 radical (unpaired) electrons. The van der Waals surface area contributed by atoms with Crippen molar-refractivity contribution in [3.05, 3.63) is 47.5 Å². The van der Waals surface area contributed by atoms with Gasteiger partial charge in [-0.2, -0.15) is 0 Å². The number of hydrogen-bond donors (Lipinski definition) is 1. The number of aryl methyl sites for hydroxylation is 1. The lowest BCUT2D eigenvalue weighted by Crippen LogP contribution is -2.31. The maximum atomic E-state index is 11.9. The number of anilines is 1. The molecule has 94 valence electrons. The third kappa shape index (κ3) is 2.71. The van der Waals surface area contributed by atoms with E-state index in [-0.39, 0.29) is 12.5 Å². The van der Waals surface area contributed by atoms with E-state index in [2.05, 4.69) is 5.32 Å². The monoisotopic (exact) mass is 264 g/mol. The van der Waals surface area contributed by atoms with Crippen molar-refractivity contribution in [1.29, 1.82) is 0 Å². The predicted octanol–water partition coefficient (Wildman–Crippen LogP) is 1.91. The molecule has 1 amide bonds. The van der Waals surface area contributed by atoms with Crippen LogP contribution in [0, 0.1) is 6.92 Å². The predicted molar refractivity (Wildman–Crippen MR) is 70.4 cm³/mol. The van der Waals surface area contributed by atoms with Crippen molar-refractivity contribution < 1.29 is 9.36 Å². The SMILES string of the molecule is Cc1n(CC(=O)Nc2ccccc2Cl)cc[n+]1C. The topological polar surface area (TPSA) is 37.9 Å². The number of carbonyl (C=O) groups excluding carboxylic acids is 1. The number of hydrogen-bond acceptors (Lipinski definition) is 1. The molecule has 18 heavy (non-hydrogen) atoms. The van der Waals surface area contributed by atoms with Crippen molar-refractivity contribution in [3.8, 4) is 0 Å². The van der Waals surface area contributed by atoms with Gasteiger partial charge >= 0.3 is 0 Å². The fraction of sp³-hybridized carbons (Fsp3) is 0.231. The first-order chi connectivity index (χ1) is 8.58. The van der Waals surface area contributed by atoms with Crippen LogP contribution in [0.4, 0.5) is 5.69 Å². The molecule has 1 aromatic heterocycles. The van der Waals surface area contributed by atoms with Crippen LogP contribution in [0.2, 0.25) is 5.02 Å². The third-order valence-electron chi connectivity index (χ3n) is 2.86. The second-order valence-corrected chi connectivity index (χ2v) is 4.52. The molecule has 2 rings (SSSR count). The van der Waals surface area contributed by atoms with Crippen molar-refractivity contribution in [2.45, 2.75) is 13.5 Å². The molecule has 1 N–H and O–H groups in total. The molecule has 1 aromatic carbocycles. The molecule has 0 aliphatic rings. The summed E-state index contributed by atoms with van der Waals surface area (Å²) in [4.78, 5) is 11.9. The van der Waals surface area contributed by atoms with E-state index >= 15 is 0 Å². The second kappa shape index (κ2) is 5.23. The zero-order chi connectivity index (χ0) is 13.1. The first-order valence-corrected chi connectivity index (χ1v) is 6.01. The summed E-state index contributed by atoms with van der Waals surface area (Å²) in [7, 11) is 1.94. The van der Waals surface area contributed by atoms with E-state index in [4.69, 9.17) is 11.6 Å². The van der Waals surface area contributed by atoms with Crippen LogP contribution in [0.5, 0.6) is 0 Å². The average Bonchev–Trinajstić information content (AvgIpc) is 2.64. The summed E-state index contributed by atoms with van der Waals surface area (Å²) in [5.41, 5.74) is 0.637. The Labute approximate surface area is 111 Å². The largest absolute Gasteiger partial charge is 0.321 e. The van der Waals surface area contributed by atoms with Gasteiger partial charge in [-0.15, -0.1) is 0 Å². The lowest BCUT2D eigenvalue weighted by molar-refractivity contribution is -0.677. The van der Waals surface area contributed by atoms with Crippen LogP contribution in [0.25, 0.3) is 0 Å². The minimum atomic E-state index is -0.0950. The highest BCUT2D eigenvalue weighted by Crippen LogP contribution is 2.20. The van der Waals surface area contributed by atoms with Gasteiger partial charge in [0.05, 0.1) is 17.8 Å². The standard InChI is InChI=1S/C13H14ClN3O/c1-10-16(2)7-8-17(10)9-13(18)15-12-6-4-3-5-11(12)14/h3-8H,9H2,1-2H3/p+1. The maximum Gasteiger partial charge on any atom is 0.266 e. The van der Waals surface area contributed by atoms with Crippen LogP contribution in [-0.4, -0.2) is 10.5 Å². The number of amides is 1. The molecule has 0 aliphatic heterocycles. The molecule has 0 atom stereocenters. The van der Waals surface area contributed by atoms with Crippen molar-refractivity contribution in [2.75, 3.05) is 5.32 Å². The Morgan fingerprint density at radius 3 is 2.78 bits per heavy atom. The molecular formula is C13H15ClN3O+. The average molecular weight is 265 g/mol. The molecule has 0 aliphatic carbocycles. The minimum absolute atomic E-state index is 0.0950. The van der Waals surface area contributed by atoms with Crippen molar-refractivity contribution >= 4 is 23.2 Å². The van der Waals surface area contributed by atoms with E-state index in [1.807, 2.05) is 47.6 Å². The first kappa shape index (κ1) is 12.6. The summed E-state index contributed by atoms with van der Waals surface area (Å²) in [6.45, 7) is 2.24. The highest BCUT2D eigenvalue weighted by molar-refractivity contribution is 6.33. The maximum absolute atomic E-state index is 11.9. The fourth-order valence-electron chi connectivity index (χ4n) is 1.67. The van der Waals surface area contributed by atoms with Crippen LogP contribution < -0.4 is 9.88 Å². The van der Waals surface area contributed by atoms with Gasteiger partial charge < -0.3 is 5.32 Å². The normalized spacial score (nSPS) is 10.4. The number of aromatic nitrogens is 2. The zero-order valence-corrected chi connectivity index (χ0v) is 11.1. The molecule has 0 unspecified atom stereocenters. The molecule has 1 heterocycles. The third-order valence-corrected chi connectivity index (χ3v) is 3.19. The van der Waals surface area contributed by atoms with Gasteiger partial charge in [-0.3, -0.25) is 4.79 Å². The van der Waals surface area contributed by atoms with Crippen LogP contribution >= 0.6 is 11.6 Å². The van der Waals surface area contributed by atoms with Crippen molar-refractivity contribution in [3.63, 3.8) is 0 Å². The number of rotatable bonds is 3. The Kier molecular flexibility index (Phi) is 3.67. The number of imidazole rings is 1. The van der Waals surface area contributed by atoms with E-state index in [0.29, 0.717) is 10.7 Å². The molecule has 2 aromatic rings. The summed E-state index contributed by atoms with van der Waals surface area (Å²) in [5, 5.41) is 3.34. The van der Waals surface area contributed by atoms with Crippen LogP contribution in [0.15, 0.2) is 36.7 Å². The van der Waals surface area contributed by atoms with Gasteiger partial charge in [-0.1, -0.05) is 23.7 Å². The van der Waals surface area contributed by atoms with E-state index in [0.717, 1.165) is 5.82 Å². The van der Waals surface area contributed by atoms with Gasteiger partial charge in [0, 0.05) is 6.92 Å². The Balaban J connectivity index is 2.06. The Hall–Kier alpha value is -1.81. The van der Waals surface area contributed by atoms with E-state index in [1.54, 1.807) is 12.1 Å². The molecular weight excluding hydrogens is 250 g/mol. The van der Waals surface area contributed by atoms with Crippen molar-refractivity contribution in [1.82, 2.24) is 4.57 Å². The number of nitrogens with one attached hydrogen (secondary N) is 1. The van der Waals surface area contributed by atoms with Crippen LogP contribution in [-0.2, 0) is 18.4 Å². The van der Waals surface area contributed by atoms with Gasteiger partial charge in [-0.05, 0) is 12.1 Å². The molecule has 4 nitrogen and oxygen atoms in total. The summed E-state index contributed by atoms with van der Waals surface area (Å²) >= 11 is 5.98. The number of nitrogens with zero attached hydrogens (tertiary/aromatic N) is 2. The summed E-state index contributed by atoms with van der Waals surface area (Å²) < 4.78 is 3.84. The van der Waals surface area contributed by atoms with Gasteiger partial charge in [0.1, 0.15) is 12.4 Å². The number of para-hydroxylation sites is 1. The first-order valence-electron chi connectivity index (χ1n) is 5.63. The smallest absolute Gasteiger partial charge is 0.266 e. The second-order valence-electron chi connectivity index (χ2n) is 4.11. The van der Waals surface area contributed by atoms with Crippen LogP contribution in [0.3, 0.4) is 0 Å². The summed E-state index contributed by atoms with van der Waals surface area (Å²) in [6.07, 6.45) is 3.79. The quantitative estimate of drug-likeness (QED) is 0.845. The van der Waals surface area contributed by atoms with Gasteiger partial charge in [0.25, 0.3) is 11.7 Å². The summed E-state index contributed by atoms with van der Waals surface area (Å²) in [5.74, 6) is 0.923. The lowest BCUT2D eigenvalue weighted by atomic mass is 10.3. The Bertz CT molecular complexity index is 577. The number of carbonyl (C=O) groups is 1. The molecule has 0 saturated carbocycles. The van der Waals surface area contributed by atoms with E-state index < -0.39 is 0 Å². The van der Waals surface area contributed by atoms with Gasteiger partial charge in [-0.25, -0.2) is 9.13 Å². The highest BCUT2D eigenvalue weighted by Gasteiger charge is 2.13. The fourth-order valence-corrected chi connectivity index (χ4v) is 1.86.